The zero-order valence-corrected chi connectivity index (χ0v) is 14.4. The van der Waals surface area contributed by atoms with E-state index in [0.29, 0.717) is 0 Å². The van der Waals surface area contributed by atoms with Crippen molar-refractivity contribution in [3.05, 3.63) is 54.3 Å². The van der Waals surface area contributed by atoms with Gasteiger partial charge in [-0.1, -0.05) is 0 Å². The van der Waals surface area contributed by atoms with E-state index in [9.17, 15) is 26.4 Å². The predicted molar refractivity (Wildman–Crippen MR) is 86.1 cm³/mol. The van der Waals surface area contributed by atoms with Crippen LogP contribution in [0.1, 0.15) is 16.1 Å². The molecule has 0 unspecified atom stereocenters. The minimum absolute atomic E-state index is 0.159. The Hall–Kier alpha value is -3.15. The molecule has 142 valence electrons. The van der Waals surface area contributed by atoms with Crippen LogP contribution in [0.5, 0.6) is 0 Å². The van der Waals surface area contributed by atoms with Gasteiger partial charge in [0.2, 0.25) is 14.9 Å². The van der Waals surface area contributed by atoms with Crippen LogP contribution in [0.4, 0.5) is 18.9 Å². The first-order valence-electron chi connectivity index (χ1n) is 7.23. The third-order valence-electron chi connectivity index (χ3n) is 3.40. The summed E-state index contributed by atoms with van der Waals surface area (Å²) in [5.74, 6) is -1.25. The Bertz CT molecular complexity index is 1090. The summed E-state index contributed by atoms with van der Waals surface area (Å²) in [6.45, 7) is 0. The molecule has 0 aliphatic carbocycles. The maximum Gasteiger partial charge on any atom is 0.418 e. The highest BCUT2D eigenvalue weighted by Crippen LogP contribution is 2.35. The fraction of sp³-hybridized carbons (Fsp3) is 0.133. The van der Waals surface area contributed by atoms with E-state index < -0.39 is 32.6 Å². The molecule has 3 rings (SSSR count). The summed E-state index contributed by atoms with van der Waals surface area (Å²) in [5, 5.41) is 5.48. The molecule has 0 saturated heterocycles. The fourth-order valence-corrected chi connectivity index (χ4v) is 2.76. The van der Waals surface area contributed by atoms with E-state index in [4.69, 9.17) is 4.42 Å². The number of hydrogen-bond acceptors (Lipinski definition) is 6. The molecule has 27 heavy (non-hydrogen) atoms. The second-order valence-corrected chi connectivity index (χ2v) is 7.36. The summed E-state index contributed by atoms with van der Waals surface area (Å²) in [4.78, 5) is 15.7. The number of hydrogen-bond donors (Lipinski definition) is 1. The molecular weight excluding hydrogens is 389 g/mol. The SMILES string of the molecule is CS(=O)(=O)c1ccc(C(=O)Nc2ccc(-n3cncn3)c(C(F)(F)F)c2)o1. The average Bonchev–Trinajstić information content (AvgIpc) is 3.25. The molecule has 1 amide bonds. The number of carbonyl (C=O) groups excluding carboxylic acids is 1. The summed E-state index contributed by atoms with van der Waals surface area (Å²) in [6.07, 6.45) is -1.62. The first-order valence-corrected chi connectivity index (χ1v) is 9.12. The van der Waals surface area contributed by atoms with E-state index in [0.717, 1.165) is 47.9 Å². The van der Waals surface area contributed by atoms with E-state index in [-0.39, 0.29) is 17.1 Å². The second-order valence-electron chi connectivity index (χ2n) is 5.41. The molecule has 2 aromatic heterocycles. The Morgan fingerprint density at radius 2 is 1.96 bits per heavy atom. The van der Waals surface area contributed by atoms with Crippen LogP contribution >= 0.6 is 0 Å². The van der Waals surface area contributed by atoms with Crippen molar-refractivity contribution in [3.8, 4) is 5.69 Å². The van der Waals surface area contributed by atoms with Crippen LogP contribution in [-0.2, 0) is 16.0 Å². The summed E-state index contributed by atoms with van der Waals surface area (Å²) < 4.78 is 68.7. The topological polar surface area (TPSA) is 107 Å². The maximum atomic E-state index is 13.4. The molecule has 0 saturated carbocycles. The van der Waals surface area contributed by atoms with Gasteiger partial charge in [-0.2, -0.15) is 18.3 Å². The minimum Gasteiger partial charge on any atom is -0.440 e. The summed E-state index contributed by atoms with van der Waals surface area (Å²) in [7, 11) is -3.66. The average molecular weight is 400 g/mol. The Balaban J connectivity index is 1.91. The van der Waals surface area contributed by atoms with Crippen molar-refractivity contribution in [3.63, 3.8) is 0 Å². The number of furan rings is 1. The Kier molecular flexibility index (Phi) is 4.51. The highest BCUT2D eigenvalue weighted by molar-refractivity contribution is 7.90. The van der Waals surface area contributed by atoms with Crippen molar-refractivity contribution >= 4 is 21.4 Å². The second kappa shape index (κ2) is 6.54. The Labute approximate surface area is 150 Å². The highest BCUT2D eigenvalue weighted by Gasteiger charge is 2.35. The summed E-state index contributed by atoms with van der Waals surface area (Å²) in [5.41, 5.74) is -1.47. The first-order chi connectivity index (χ1) is 12.6. The van der Waals surface area contributed by atoms with Gasteiger partial charge in [0.25, 0.3) is 5.91 Å². The van der Waals surface area contributed by atoms with Crippen LogP contribution in [0, 0.1) is 0 Å². The highest BCUT2D eigenvalue weighted by atomic mass is 32.2. The minimum atomic E-state index is -4.71. The molecule has 1 aromatic carbocycles. The number of nitrogens with zero attached hydrogens (tertiary/aromatic N) is 3. The lowest BCUT2D eigenvalue weighted by atomic mass is 10.1. The van der Waals surface area contributed by atoms with E-state index in [1.54, 1.807) is 0 Å². The zero-order valence-electron chi connectivity index (χ0n) is 13.6. The van der Waals surface area contributed by atoms with Crippen LogP contribution in [0.2, 0.25) is 0 Å². The van der Waals surface area contributed by atoms with Gasteiger partial charge in [0.15, 0.2) is 5.76 Å². The van der Waals surface area contributed by atoms with Gasteiger partial charge in [0.1, 0.15) is 12.7 Å². The number of sulfone groups is 1. The third kappa shape index (κ3) is 4.00. The first kappa shape index (κ1) is 18.6. The van der Waals surface area contributed by atoms with Crippen LogP contribution in [0.3, 0.4) is 0 Å². The smallest absolute Gasteiger partial charge is 0.418 e. The van der Waals surface area contributed by atoms with Gasteiger partial charge < -0.3 is 9.73 Å². The number of rotatable bonds is 4. The molecule has 0 fully saturated rings. The van der Waals surface area contributed by atoms with Crippen LogP contribution in [0.25, 0.3) is 5.69 Å². The fourth-order valence-electron chi connectivity index (χ4n) is 2.21. The van der Waals surface area contributed by atoms with Crippen molar-refractivity contribution in [2.45, 2.75) is 11.3 Å². The predicted octanol–water partition coefficient (Wildman–Crippen LogP) is 2.53. The van der Waals surface area contributed by atoms with Gasteiger partial charge >= 0.3 is 6.18 Å². The van der Waals surface area contributed by atoms with Crippen LogP contribution in [0.15, 0.2) is 52.5 Å². The molecule has 0 atom stereocenters. The number of benzene rings is 1. The summed E-state index contributed by atoms with van der Waals surface area (Å²) in [6, 6.07) is 5.29. The number of anilines is 1. The van der Waals surface area contributed by atoms with Crippen molar-refractivity contribution in [1.82, 2.24) is 14.8 Å². The van der Waals surface area contributed by atoms with Crippen LogP contribution < -0.4 is 5.32 Å². The quantitative estimate of drug-likeness (QED) is 0.721. The molecule has 0 radical (unpaired) electrons. The molecule has 3 aromatic rings. The number of amides is 1. The normalized spacial score (nSPS) is 12.1. The number of alkyl halides is 3. The maximum absolute atomic E-state index is 13.4. The number of nitrogens with one attached hydrogen (secondary N) is 1. The van der Waals surface area contributed by atoms with E-state index >= 15 is 0 Å². The zero-order chi connectivity index (χ0) is 19.8. The van der Waals surface area contributed by atoms with E-state index in [1.807, 2.05) is 0 Å². The van der Waals surface area contributed by atoms with Crippen molar-refractivity contribution in [2.75, 3.05) is 11.6 Å². The van der Waals surface area contributed by atoms with Crippen molar-refractivity contribution < 1.29 is 30.8 Å². The molecule has 8 nitrogen and oxygen atoms in total. The molecular formula is C15H11F3N4O4S. The van der Waals surface area contributed by atoms with Gasteiger partial charge in [-0.15, -0.1) is 0 Å². The lowest BCUT2D eigenvalue weighted by Crippen LogP contribution is -2.15. The molecule has 0 spiro atoms. The van der Waals surface area contributed by atoms with Gasteiger partial charge in [-0.3, -0.25) is 4.79 Å². The molecule has 12 heteroatoms. The Morgan fingerprint density at radius 3 is 2.52 bits per heavy atom. The summed E-state index contributed by atoms with van der Waals surface area (Å²) >= 11 is 0. The number of aromatic nitrogens is 3. The molecule has 2 heterocycles. The third-order valence-corrected chi connectivity index (χ3v) is 4.35. The van der Waals surface area contributed by atoms with Crippen molar-refractivity contribution in [1.29, 1.82) is 0 Å². The van der Waals surface area contributed by atoms with E-state index in [2.05, 4.69) is 15.4 Å². The lowest BCUT2D eigenvalue weighted by Gasteiger charge is -2.14. The molecule has 0 aliphatic rings. The van der Waals surface area contributed by atoms with Crippen molar-refractivity contribution in [2.24, 2.45) is 0 Å². The van der Waals surface area contributed by atoms with Crippen LogP contribution in [-0.4, -0.2) is 35.3 Å². The van der Waals surface area contributed by atoms with Gasteiger partial charge in [-0.25, -0.2) is 18.1 Å². The van der Waals surface area contributed by atoms with E-state index in [1.165, 1.54) is 6.07 Å². The molecule has 1 N–H and O–H groups in total. The monoisotopic (exact) mass is 400 g/mol. The molecule has 0 aliphatic heterocycles. The Morgan fingerprint density at radius 1 is 1.22 bits per heavy atom. The standard InChI is InChI=1S/C15H11F3N4O4S/c1-27(24,25)13-5-4-12(26-13)14(23)21-9-2-3-11(22-8-19-7-20-22)10(6-9)15(16,17)18/h2-8H,1H3,(H,21,23). The van der Waals surface area contributed by atoms with Gasteiger partial charge in [-0.05, 0) is 30.3 Å². The van der Waals surface area contributed by atoms with Gasteiger partial charge in [0.05, 0.1) is 11.3 Å². The lowest BCUT2D eigenvalue weighted by molar-refractivity contribution is -0.137. The van der Waals surface area contributed by atoms with Gasteiger partial charge in [0, 0.05) is 11.9 Å². The molecule has 0 bridgehead atoms. The number of carbonyl (C=O) groups is 1. The number of halogens is 3. The largest absolute Gasteiger partial charge is 0.440 e.